The summed E-state index contributed by atoms with van der Waals surface area (Å²) in [5.74, 6) is -0.979. The quantitative estimate of drug-likeness (QED) is 0.511. The largest absolute Gasteiger partial charge is 0.445 e. The highest BCUT2D eigenvalue weighted by atomic mass is 16.6. The summed E-state index contributed by atoms with van der Waals surface area (Å²) in [7, 11) is 0. The minimum Gasteiger partial charge on any atom is -0.445 e. The Balaban J connectivity index is 1.33. The van der Waals surface area contributed by atoms with E-state index in [2.05, 4.69) is 0 Å². The molecule has 0 bridgehead atoms. The molecule has 0 radical (unpaired) electrons. The van der Waals surface area contributed by atoms with E-state index in [0.717, 1.165) is 11.1 Å². The Morgan fingerprint density at radius 1 is 0.684 bits per heavy atom. The van der Waals surface area contributed by atoms with E-state index in [-0.39, 0.29) is 13.2 Å². The van der Waals surface area contributed by atoms with Crippen molar-refractivity contribution in [2.45, 2.75) is 63.1 Å². The first kappa shape index (κ1) is 27.3. The molecule has 4 rings (SSSR count). The van der Waals surface area contributed by atoms with Gasteiger partial charge >= 0.3 is 12.2 Å². The molecule has 4 atom stereocenters. The molecule has 202 valence electrons. The summed E-state index contributed by atoms with van der Waals surface area (Å²) >= 11 is 0. The first-order valence-corrected chi connectivity index (χ1v) is 12.9. The number of ether oxygens (including phenoxy) is 2. The van der Waals surface area contributed by atoms with Crippen LogP contribution >= 0.6 is 0 Å². The molecule has 2 fully saturated rings. The SMILES string of the molecule is N[C@H](C(=O)C1CCCN1C(=O)OCc1ccccc1)[C@H](N)C(=O)C1CCCN1C(=O)OCc1ccccc1. The van der Waals surface area contributed by atoms with E-state index in [1.807, 2.05) is 60.7 Å². The number of amides is 2. The maximum Gasteiger partial charge on any atom is 0.410 e. The van der Waals surface area contributed by atoms with E-state index >= 15 is 0 Å². The summed E-state index contributed by atoms with van der Waals surface area (Å²) in [5, 5.41) is 0. The summed E-state index contributed by atoms with van der Waals surface area (Å²) in [5.41, 5.74) is 14.0. The van der Waals surface area contributed by atoms with E-state index in [0.29, 0.717) is 38.8 Å². The Bertz CT molecular complexity index is 1040. The molecule has 2 amide bonds. The molecule has 2 heterocycles. The third kappa shape index (κ3) is 6.38. The number of hydrogen-bond donors (Lipinski definition) is 2. The fraction of sp³-hybridized carbons (Fsp3) is 0.429. The summed E-state index contributed by atoms with van der Waals surface area (Å²) in [6, 6.07) is 14.2. The average molecular weight is 523 g/mol. The zero-order valence-corrected chi connectivity index (χ0v) is 21.2. The maximum atomic E-state index is 13.3. The first-order chi connectivity index (χ1) is 18.4. The number of Topliss-reactive ketones (excluding diaryl/α,β-unsaturated/α-hetero) is 2. The average Bonchev–Trinajstić information content (AvgIpc) is 3.65. The Morgan fingerprint density at radius 3 is 1.42 bits per heavy atom. The Labute approximate surface area is 221 Å². The van der Waals surface area contributed by atoms with Gasteiger partial charge in [0.05, 0.1) is 24.2 Å². The van der Waals surface area contributed by atoms with Crippen molar-refractivity contribution in [3.8, 4) is 0 Å². The van der Waals surface area contributed by atoms with Crippen LogP contribution in [0.15, 0.2) is 60.7 Å². The van der Waals surface area contributed by atoms with Gasteiger partial charge in [0, 0.05) is 13.1 Å². The van der Waals surface area contributed by atoms with Crippen molar-refractivity contribution >= 4 is 23.8 Å². The molecule has 38 heavy (non-hydrogen) atoms. The fourth-order valence-corrected chi connectivity index (χ4v) is 4.96. The Morgan fingerprint density at radius 2 is 1.05 bits per heavy atom. The van der Waals surface area contributed by atoms with Gasteiger partial charge in [-0.05, 0) is 36.8 Å². The molecule has 2 aliphatic rings. The lowest BCUT2D eigenvalue weighted by molar-refractivity contribution is -0.130. The van der Waals surface area contributed by atoms with Crippen LogP contribution in [-0.4, -0.2) is 70.8 Å². The van der Waals surface area contributed by atoms with Gasteiger partial charge in [-0.25, -0.2) is 9.59 Å². The second-order valence-corrected chi connectivity index (χ2v) is 9.64. The van der Waals surface area contributed by atoms with Crippen molar-refractivity contribution in [2.24, 2.45) is 11.5 Å². The molecule has 0 aromatic heterocycles. The molecule has 2 unspecified atom stereocenters. The van der Waals surface area contributed by atoms with Crippen molar-refractivity contribution in [3.63, 3.8) is 0 Å². The second-order valence-electron chi connectivity index (χ2n) is 9.64. The highest BCUT2D eigenvalue weighted by molar-refractivity contribution is 6.00. The zero-order chi connectivity index (χ0) is 27.1. The van der Waals surface area contributed by atoms with E-state index in [1.54, 1.807) is 0 Å². The molecule has 2 aromatic carbocycles. The molecular formula is C28H34N4O6. The van der Waals surface area contributed by atoms with Gasteiger partial charge in [-0.15, -0.1) is 0 Å². The van der Waals surface area contributed by atoms with Crippen LogP contribution in [0.4, 0.5) is 9.59 Å². The number of hydrogen-bond acceptors (Lipinski definition) is 8. The summed E-state index contributed by atoms with van der Waals surface area (Å²) in [6.45, 7) is 0.866. The van der Waals surface area contributed by atoms with Crippen LogP contribution in [0.25, 0.3) is 0 Å². The molecular weight excluding hydrogens is 488 g/mol. The number of carbonyl (C=O) groups excluding carboxylic acids is 4. The summed E-state index contributed by atoms with van der Waals surface area (Å²) in [4.78, 5) is 54.6. The number of rotatable bonds is 9. The topological polar surface area (TPSA) is 145 Å². The van der Waals surface area contributed by atoms with Gasteiger partial charge in [0.15, 0.2) is 11.6 Å². The smallest absolute Gasteiger partial charge is 0.410 e. The number of carbonyl (C=O) groups is 4. The molecule has 2 aromatic rings. The molecule has 2 saturated heterocycles. The van der Waals surface area contributed by atoms with E-state index in [4.69, 9.17) is 20.9 Å². The van der Waals surface area contributed by atoms with Crippen LogP contribution in [-0.2, 0) is 32.3 Å². The minimum atomic E-state index is -1.32. The van der Waals surface area contributed by atoms with E-state index < -0.39 is 47.9 Å². The van der Waals surface area contributed by atoms with Crippen molar-refractivity contribution < 1.29 is 28.7 Å². The van der Waals surface area contributed by atoms with Gasteiger partial charge in [0.25, 0.3) is 0 Å². The van der Waals surface area contributed by atoms with Crippen molar-refractivity contribution in [1.29, 1.82) is 0 Å². The minimum absolute atomic E-state index is 0.0824. The molecule has 2 aliphatic heterocycles. The van der Waals surface area contributed by atoms with Crippen LogP contribution in [0.5, 0.6) is 0 Å². The van der Waals surface area contributed by atoms with Gasteiger partial charge in [-0.3, -0.25) is 19.4 Å². The molecule has 0 aliphatic carbocycles. The van der Waals surface area contributed by atoms with E-state index in [1.165, 1.54) is 9.80 Å². The number of nitrogens with zero attached hydrogens (tertiary/aromatic N) is 2. The zero-order valence-electron chi connectivity index (χ0n) is 21.2. The standard InChI is InChI=1S/C28H34N4O6/c29-23(25(33)21-13-7-15-31(21)27(35)37-17-19-9-3-1-4-10-19)24(30)26(34)22-14-8-16-32(22)28(36)38-18-20-11-5-2-6-12-20/h1-6,9-12,21-24H,7-8,13-18,29-30H2/t21?,22?,23-,24-/m0/s1. The molecule has 10 nitrogen and oxygen atoms in total. The summed E-state index contributed by atoms with van der Waals surface area (Å²) in [6.07, 6.45) is 0.817. The van der Waals surface area contributed by atoms with Crippen LogP contribution in [0.3, 0.4) is 0 Å². The summed E-state index contributed by atoms with van der Waals surface area (Å²) < 4.78 is 10.8. The molecule has 0 saturated carbocycles. The molecule has 0 spiro atoms. The number of nitrogens with two attached hydrogens (primary N) is 2. The monoisotopic (exact) mass is 522 g/mol. The maximum absolute atomic E-state index is 13.3. The van der Waals surface area contributed by atoms with Crippen molar-refractivity contribution in [1.82, 2.24) is 9.80 Å². The highest BCUT2D eigenvalue weighted by Crippen LogP contribution is 2.24. The fourth-order valence-electron chi connectivity index (χ4n) is 4.96. The van der Waals surface area contributed by atoms with Gasteiger partial charge in [-0.2, -0.15) is 0 Å². The van der Waals surface area contributed by atoms with Crippen LogP contribution in [0.2, 0.25) is 0 Å². The van der Waals surface area contributed by atoms with Gasteiger partial charge in [0.1, 0.15) is 13.2 Å². The molecule has 4 N–H and O–H groups in total. The Hall–Kier alpha value is -3.76. The van der Waals surface area contributed by atoms with Crippen molar-refractivity contribution in [2.75, 3.05) is 13.1 Å². The van der Waals surface area contributed by atoms with Crippen LogP contribution in [0.1, 0.15) is 36.8 Å². The van der Waals surface area contributed by atoms with Gasteiger partial charge in [0.2, 0.25) is 0 Å². The normalized spacial score (nSPS) is 20.6. The predicted molar refractivity (Wildman–Crippen MR) is 139 cm³/mol. The Kier molecular flexibility index (Phi) is 9.09. The molecule has 10 heteroatoms. The number of ketones is 2. The number of benzene rings is 2. The highest BCUT2D eigenvalue weighted by Gasteiger charge is 2.44. The lowest BCUT2D eigenvalue weighted by Crippen LogP contribution is -2.60. The number of likely N-dealkylation sites (tertiary alicyclic amines) is 2. The third-order valence-electron chi connectivity index (χ3n) is 7.09. The lowest BCUT2D eigenvalue weighted by Gasteiger charge is -2.29. The van der Waals surface area contributed by atoms with Crippen molar-refractivity contribution in [3.05, 3.63) is 71.8 Å². The van der Waals surface area contributed by atoms with Crippen LogP contribution < -0.4 is 11.5 Å². The third-order valence-corrected chi connectivity index (χ3v) is 7.09. The van der Waals surface area contributed by atoms with Crippen LogP contribution in [0, 0.1) is 0 Å². The van der Waals surface area contributed by atoms with Gasteiger partial charge < -0.3 is 20.9 Å². The second kappa shape index (κ2) is 12.7. The predicted octanol–water partition coefficient (Wildman–Crippen LogP) is 2.38. The van der Waals surface area contributed by atoms with Gasteiger partial charge in [-0.1, -0.05) is 60.7 Å². The lowest BCUT2D eigenvalue weighted by atomic mass is 9.92. The van der Waals surface area contributed by atoms with E-state index in [9.17, 15) is 19.2 Å². The first-order valence-electron chi connectivity index (χ1n) is 12.9.